The molecule has 0 aliphatic heterocycles. The Morgan fingerprint density at radius 3 is 2.45 bits per heavy atom. The topological polar surface area (TPSA) is 42.4 Å². The van der Waals surface area contributed by atoms with E-state index in [9.17, 15) is 5.11 Å². The second-order valence-corrected chi connectivity index (χ2v) is 5.40. The largest absolute Gasteiger partial charge is 0.439 e. The van der Waals surface area contributed by atoms with Gasteiger partial charge in [0.25, 0.3) is 0 Å². The van der Waals surface area contributed by atoms with Crippen LogP contribution in [0.25, 0.3) is 0 Å². The number of hydrogen-bond donors (Lipinski definition) is 1. The van der Waals surface area contributed by atoms with Crippen molar-refractivity contribution in [3.8, 4) is 11.6 Å². The summed E-state index contributed by atoms with van der Waals surface area (Å²) in [6.07, 6.45) is 0. The zero-order valence-electron chi connectivity index (χ0n) is 12.5. The first-order valence-electron chi connectivity index (χ1n) is 6.86. The van der Waals surface area contributed by atoms with Crippen LogP contribution in [-0.2, 0) is 6.61 Å². The maximum Gasteiger partial charge on any atom is 0.219 e. The quantitative estimate of drug-likeness (QED) is 0.910. The zero-order chi connectivity index (χ0) is 14.7. The standard InChI is InChI=1S/C17H21NO2/c1-11(2)16-8-14(10-19)9-17(18-16)20-15-6-5-12(3)13(4)7-15/h5-9,11,19H,10H2,1-4H3. The number of aliphatic hydroxyl groups is 1. The highest BCUT2D eigenvalue weighted by Gasteiger charge is 2.08. The molecule has 3 heteroatoms. The van der Waals surface area contributed by atoms with Crippen molar-refractivity contribution in [3.63, 3.8) is 0 Å². The van der Waals surface area contributed by atoms with Gasteiger partial charge in [-0.15, -0.1) is 0 Å². The van der Waals surface area contributed by atoms with Gasteiger partial charge in [-0.25, -0.2) is 4.98 Å². The minimum atomic E-state index is -0.00841. The highest BCUT2D eigenvalue weighted by atomic mass is 16.5. The van der Waals surface area contributed by atoms with Crippen molar-refractivity contribution in [2.24, 2.45) is 0 Å². The molecule has 1 N–H and O–H groups in total. The summed E-state index contributed by atoms with van der Waals surface area (Å²) >= 11 is 0. The molecule has 1 heterocycles. The highest BCUT2D eigenvalue weighted by molar-refractivity contribution is 5.37. The summed E-state index contributed by atoms with van der Waals surface area (Å²) in [6.45, 7) is 8.26. The van der Waals surface area contributed by atoms with Gasteiger partial charge in [-0.1, -0.05) is 19.9 Å². The average Bonchev–Trinajstić information content (AvgIpc) is 2.42. The minimum absolute atomic E-state index is 0.00841. The van der Waals surface area contributed by atoms with Crippen molar-refractivity contribution in [3.05, 3.63) is 52.7 Å². The molecule has 20 heavy (non-hydrogen) atoms. The van der Waals surface area contributed by atoms with E-state index in [1.807, 2.05) is 24.3 Å². The van der Waals surface area contributed by atoms with Gasteiger partial charge in [0.1, 0.15) is 5.75 Å². The summed E-state index contributed by atoms with van der Waals surface area (Å²) in [4.78, 5) is 4.49. The number of aliphatic hydroxyl groups excluding tert-OH is 1. The van der Waals surface area contributed by atoms with Gasteiger partial charge in [0, 0.05) is 11.8 Å². The predicted molar refractivity (Wildman–Crippen MR) is 80.2 cm³/mol. The van der Waals surface area contributed by atoms with E-state index in [-0.39, 0.29) is 6.61 Å². The van der Waals surface area contributed by atoms with Crippen molar-refractivity contribution in [2.45, 2.75) is 40.2 Å². The number of nitrogens with zero attached hydrogens (tertiary/aromatic N) is 1. The van der Waals surface area contributed by atoms with Crippen molar-refractivity contribution >= 4 is 0 Å². The third-order valence-electron chi connectivity index (χ3n) is 3.36. The van der Waals surface area contributed by atoms with Crippen molar-refractivity contribution in [2.75, 3.05) is 0 Å². The molecule has 2 aromatic rings. The Kier molecular flexibility index (Phi) is 4.40. The van der Waals surface area contributed by atoms with E-state index in [1.54, 1.807) is 6.07 Å². The highest BCUT2D eigenvalue weighted by Crippen LogP contribution is 2.25. The van der Waals surface area contributed by atoms with E-state index in [2.05, 4.69) is 32.7 Å². The summed E-state index contributed by atoms with van der Waals surface area (Å²) in [5.41, 5.74) is 4.17. The van der Waals surface area contributed by atoms with Gasteiger partial charge in [0.05, 0.1) is 6.61 Å². The maximum atomic E-state index is 9.33. The first kappa shape index (κ1) is 14.5. The Balaban J connectivity index is 2.32. The van der Waals surface area contributed by atoms with E-state index >= 15 is 0 Å². The molecule has 0 fully saturated rings. The van der Waals surface area contributed by atoms with E-state index in [0.717, 1.165) is 17.0 Å². The molecular weight excluding hydrogens is 250 g/mol. The van der Waals surface area contributed by atoms with Crippen LogP contribution < -0.4 is 4.74 Å². The van der Waals surface area contributed by atoms with Crippen LogP contribution in [0.4, 0.5) is 0 Å². The Bertz CT molecular complexity index is 606. The van der Waals surface area contributed by atoms with E-state index in [4.69, 9.17) is 4.74 Å². The molecule has 0 spiro atoms. The Labute approximate surface area is 120 Å². The van der Waals surface area contributed by atoms with Gasteiger partial charge in [-0.2, -0.15) is 0 Å². The molecular formula is C17H21NO2. The maximum absolute atomic E-state index is 9.33. The second-order valence-electron chi connectivity index (χ2n) is 5.40. The number of aryl methyl sites for hydroxylation is 2. The Hall–Kier alpha value is -1.87. The molecule has 0 aliphatic rings. The van der Waals surface area contributed by atoms with E-state index in [1.165, 1.54) is 11.1 Å². The van der Waals surface area contributed by atoms with Crippen molar-refractivity contribution in [1.82, 2.24) is 4.98 Å². The normalized spacial score (nSPS) is 10.9. The lowest BCUT2D eigenvalue weighted by Gasteiger charge is -2.12. The number of aromatic nitrogens is 1. The number of benzene rings is 1. The molecule has 0 amide bonds. The lowest BCUT2D eigenvalue weighted by molar-refractivity contribution is 0.280. The van der Waals surface area contributed by atoms with E-state index < -0.39 is 0 Å². The fourth-order valence-electron chi connectivity index (χ4n) is 1.92. The van der Waals surface area contributed by atoms with Gasteiger partial charge in [0.15, 0.2) is 0 Å². The second kappa shape index (κ2) is 6.06. The molecule has 1 aromatic carbocycles. The molecule has 0 saturated heterocycles. The monoisotopic (exact) mass is 271 g/mol. The summed E-state index contributed by atoms with van der Waals surface area (Å²) < 4.78 is 5.83. The summed E-state index contributed by atoms with van der Waals surface area (Å²) in [6, 6.07) is 9.66. The van der Waals surface area contributed by atoms with E-state index in [0.29, 0.717) is 11.8 Å². The van der Waals surface area contributed by atoms with Crippen LogP contribution >= 0.6 is 0 Å². The van der Waals surface area contributed by atoms with Crippen LogP contribution in [0, 0.1) is 13.8 Å². The summed E-state index contributed by atoms with van der Waals surface area (Å²) in [5.74, 6) is 1.59. The number of ether oxygens (including phenoxy) is 1. The van der Waals surface area contributed by atoms with Crippen LogP contribution in [0.2, 0.25) is 0 Å². The Morgan fingerprint density at radius 2 is 1.85 bits per heavy atom. The van der Waals surface area contributed by atoms with Crippen molar-refractivity contribution < 1.29 is 9.84 Å². The fraction of sp³-hybridized carbons (Fsp3) is 0.353. The van der Waals surface area contributed by atoms with Gasteiger partial charge in [0.2, 0.25) is 5.88 Å². The molecule has 0 bridgehead atoms. The van der Waals surface area contributed by atoms with Gasteiger partial charge < -0.3 is 9.84 Å². The van der Waals surface area contributed by atoms with Gasteiger partial charge in [-0.05, 0) is 54.7 Å². The number of hydrogen-bond acceptors (Lipinski definition) is 3. The smallest absolute Gasteiger partial charge is 0.219 e. The molecule has 106 valence electrons. The van der Waals surface area contributed by atoms with Crippen LogP contribution in [0.15, 0.2) is 30.3 Å². The van der Waals surface area contributed by atoms with Gasteiger partial charge in [-0.3, -0.25) is 0 Å². The van der Waals surface area contributed by atoms with Crippen LogP contribution in [0.1, 0.15) is 42.1 Å². The average molecular weight is 271 g/mol. The Morgan fingerprint density at radius 1 is 1.10 bits per heavy atom. The SMILES string of the molecule is Cc1ccc(Oc2cc(CO)cc(C(C)C)n2)cc1C. The molecule has 0 unspecified atom stereocenters. The first-order chi connectivity index (χ1) is 9.49. The van der Waals surface area contributed by atoms with Crippen LogP contribution in [-0.4, -0.2) is 10.1 Å². The fourth-order valence-corrected chi connectivity index (χ4v) is 1.92. The minimum Gasteiger partial charge on any atom is -0.439 e. The molecule has 0 radical (unpaired) electrons. The third kappa shape index (κ3) is 3.36. The zero-order valence-corrected chi connectivity index (χ0v) is 12.5. The lowest BCUT2D eigenvalue weighted by atomic mass is 10.1. The number of rotatable bonds is 4. The van der Waals surface area contributed by atoms with Crippen molar-refractivity contribution in [1.29, 1.82) is 0 Å². The molecule has 0 atom stereocenters. The summed E-state index contributed by atoms with van der Waals surface area (Å²) in [5, 5.41) is 9.33. The van der Waals surface area contributed by atoms with Crippen LogP contribution in [0.3, 0.4) is 0 Å². The molecule has 0 aliphatic carbocycles. The molecule has 2 rings (SSSR count). The molecule has 1 aromatic heterocycles. The third-order valence-corrected chi connectivity index (χ3v) is 3.36. The van der Waals surface area contributed by atoms with Gasteiger partial charge >= 0.3 is 0 Å². The summed E-state index contributed by atoms with van der Waals surface area (Å²) in [7, 11) is 0. The molecule has 0 saturated carbocycles. The first-order valence-corrected chi connectivity index (χ1v) is 6.86. The van der Waals surface area contributed by atoms with Crippen LogP contribution in [0.5, 0.6) is 11.6 Å². The molecule has 3 nitrogen and oxygen atoms in total. The predicted octanol–water partition coefficient (Wildman–Crippen LogP) is 4.11. The number of pyridine rings is 1. The lowest BCUT2D eigenvalue weighted by Crippen LogP contribution is -1.99.